The van der Waals surface area contributed by atoms with Crippen molar-refractivity contribution in [1.82, 2.24) is 9.47 Å². The zero-order valence-corrected chi connectivity index (χ0v) is 14.3. The first-order chi connectivity index (χ1) is 11.1. The maximum absolute atomic E-state index is 12.8. The standard InChI is InChI=1S/C18H22ClN3O/c1-3-5-17-16-6-4-9-21(16)10-11-22(17)18(23)20-15-12-14(19)8-7-13(15)2/h4,6-9,12,17H,3,5,10-11H2,1-2H3,(H,20,23)/t17-/m0/s1. The fourth-order valence-corrected chi connectivity index (χ4v) is 3.37. The van der Waals surface area contributed by atoms with Crippen molar-refractivity contribution < 1.29 is 4.79 Å². The Balaban J connectivity index is 1.82. The molecule has 1 atom stereocenters. The van der Waals surface area contributed by atoms with Crippen LogP contribution in [0, 0.1) is 6.92 Å². The van der Waals surface area contributed by atoms with E-state index in [4.69, 9.17) is 11.6 Å². The minimum atomic E-state index is -0.0544. The quantitative estimate of drug-likeness (QED) is 0.858. The van der Waals surface area contributed by atoms with Gasteiger partial charge in [-0.1, -0.05) is 31.0 Å². The van der Waals surface area contributed by atoms with Crippen LogP contribution < -0.4 is 5.32 Å². The third kappa shape index (κ3) is 3.22. The summed E-state index contributed by atoms with van der Waals surface area (Å²) in [6.45, 7) is 5.68. The number of aromatic nitrogens is 1. The van der Waals surface area contributed by atoms with E-state index in [-0.39, 0.29) is 12.1 Å². The van der Waals surface area contributed by atoms with Gasteiger partial charge in [-0.2, -0.15) is 0 Å². The fraction of sp³-hybridized carbons (Fsp3) is 0.389. The first kappa shape index (κ1) is 15.9. The van der Waals surface area contributed by atoms with Gasteiger partial charge >= 0.3 is 6.03 Å². The Labute approximate surface area is 142 Å². The second kappa shape index (κ2) is 6.67. The number of amides is 2. The number of aryl methyl sites for hydroxylation is 1. The fourth-order valence-electron chi connectivity index (χ4n) is 3.20. The molecule has 0 saturated heterocycles. The molecule has 2 amide bonds. The number of fused-ring (bicyclic) bond motifs is 1. The van der Waals surface area contributed by atoms with Gasteiger partial charge in [0.2, 0.25) is 0 Å². The molecular formula is C18H22ClN3O. The molecule has 0 spiro atoms. The monoisotopic (exact) mass is 331 g/mol. The smallest absolute Gasteiger partial charge is 0.322 e. The number of nitrogens with zero attached hydrogens (tertiary/aromatic N) is 2. The summed E-state index contributed by atoms with van der Waals surface area (Å²) in [7, 11) is 0. The Bertz CT molecular complexity index is 710. The summed E-state index contributed by atoms with van der Waals surface area (Å²) in [6.07, 6.45) is 4.09. The molecule has 4 nitrogen and oxygen atoms in total. The van der Waals surface area contributed by atoms with Crippen LogP contribution in [0.3, 0.4) is 0 Å². The van der Waals surface area contributed by atoms with Crippen molar-refractivity contribution in [2.75, 3.05) is 11.9 Å². The molecule has 2 aromatic rings. The number of halogens is 1. The highest BCUT2D eigenvalue weighted by Gasteiger charge is 2.30. The van der Waals surface area contributed by atoms with Gasteiger partial charge in [0.15, 0.2) is 0 Å². The second-order valence-corrected chi connectivity index (χ2v) is 6.45. The SMILES string of the molecule is CCC[C@H]1c2cccn2CCN1C(=O)Nc1cc(Cl)ccc1C. The van der Waals surface area contributed by atoms with Gasteiger partial charge in [0.1, 0.15) is 0 Å². The molecule has 0 unspecified atom stereocenters. The van der Waals surface area contributed by atoms with E-state index in [1.54, 1.807) is 6.07 Å². The van der Waals surface area contributed by atoms with E-state index < -0.39 is 0 Å². The predicted molar refractivity (Wildman–Crippen MR) is 94.0 cm³/mol. The Kier molecular flexibility index (Phi) is 4.62. The molecule has 1 aromatic heterocycles. The molecule has 3 rings (SSSR count). The molecule has 1 aliphatic rings. The maximum Gasteiger partial charge on any atom is 0.322 e. The number of hydrogen-bond acceptors (Lipinski definition) is 1. The zero-order valence-electron chi connectivity index (χ0n) is 13.6. The van der Waals surface area contributed by atoms with Gasteiger partial charge < -0.3 is 14.8 Å². The van der Waals surface area contributed by atoms with Gasteiger partial charge in [-0.05, 0) is 43.2 Å². The van der Waals surface area contributed by atoms with Crippen LogP contribution in [0.25, 0.3) is 0 Å². The molecule has 1 aliphatic heterocycles. The Morgan fingerprint density at radius 3 is 2.96 bits per heavy atom. The Morgan fingerprint density at radius 2 is 2.17 bits per heavy atom. The van der Waals surface area contributed by atoms with Crippen molar-refractivity contribution in [2.45, 2.75) is 39.3 Å². The van der Waals surface area contributed by atoms with Crippen molar-refractivity contribution in [3.63, 3.8) is 0 Å². The molecule has 23 heavy (non-hydrogen) atoms. The van der Waals surface area contributed by atoms with Crippen molar-refractivity contribution >= 4 is 23.3 Å². The normalized spacial score (nSPS) is 17.0. The van der Waals surface area contributed by atoms with Crippen LogP contribution in [-0.4, -0.2) is 22.0 Å². The summed E-state index contributed by atoms with van der Waals surface area (Å²) in [5.74, 6) is 0. The van der Waals surface area contributed by atoms with Crippen molar-refractivity contribution in [3.05, 3.63) is 52.8 Å². The minimum Gasteiger partial charge on any atom is -0.348 e. The lowest BCUT2D eigenvalue weighted by Crippen LogP contribution is -2.44. The maximum atomic E-state index is 12.8. The van der Waals surface area contributed by atoms with Crippen LogP contribution in [0.2, 0.25) is 5.02 Å². The molecule has 2 heterocycles. The number of urea groups is 1. The summed E-state index contributed by atoms with van der Waals surface area (Å²) in [5, 5.41) is 3.65. The lowest BCUT2D eigenvalue weighted by Gasteiger charge is -2.37. The average Bonchev–Trinajstić information content (AvgIpc) is 3.00. The number of carbonyl (C=O) groups is 1. The second-order valence-electron chi connectivity index (χ2n) is 6.01. The molecule has 1 N–H and O–H groups in total. The number of hydrogen-bond donors (Lipinski definition) is 1. The van der Waals surface area contributed by atoms with Crippen molar-refractivity contribution in [1.29, 1.82) is 0 Å². The molecule has 0 fully saturated rings. The molecule has 0 saturated carbocycles. The number of carbonyl (C=O) groups excluding carboxylic acids is 1. The first-order valence-electron chi connectivity index (χ1n) is 8.09. The van der Waals surface area contributed by atoms with Crippen molar-refractivity contribution in [2.24, 2.45) is 0 Å². The van der Waals surface area contributed by atoms with Gasteiger partial charge in [-0.25, -0.2) is 4.79 Å². The molecule has 1 aromatic carbocycles. The van der Waals surface area contributed by atoms with Gasteiger partial charge in [0, 0.05) is 35.7 Å². The summed E-state index contributed by atoms with van der Waals surface area (Å²) < 4.78 is 2.24. The third-order valence-corrected chi connectivity index (χ3v) is 4.66. The number of rotatable bonds is 3. The van der Waals surface area contributed by atoms with Crippen LogP contribution in [-0.2, 0) is 6.54 Å². The largest absolute Gasteiger partial charge is 0.348 e. The molecular weight excluding hydrogens is 310 g/mol. The van der Waals surface area contributed by atoms with E-state index in [0.717, 1.165) is 37.2 Å². The molecule has 122 valence electrons. The number of anilines is 1. The first-order valence-corrected chi connectivity index (χ1v) is 8.46. The lowest BCUT2D eigenvalue weighted by molar-refractivity contribution is 0.163. The average molecular weight is 332 g/mol. The van der Waals surface area contributed by atoms with E-state index in [2.05, 4.69) is 35.1 Å². The van der Waals surface area contributed by atoms with Crippen LogP contribution in [0.5, 0.6) is 0 Å². The summed E-state index contributed by atoms with van der Waals surface area (Å²) in [6, 6.07) is 9.80. The van der Waals surface area contributed by atoms with Gasteiger partial charge in [0.25, 0.3) is 0 Å². The van der Waals surface area contributed by atoms with E-state index in [0.29, 0.717) is 5.02 Å². The minimum absolute atomic E-state index is 0.0544. The van der Waals surface area contributed by atoms with E-state index >= 15 is 0 Å². The Morgan fingerprint density at radius 1 is 1.35 bits per heavy atom. The highest BCUT2D eigenvalue weighted by molar-refractivity contribution is 6.31. The van der Waals surface area contributed by atoms with Crippen LogP contribution in [0.4, 0.5) is 10.5 Å². The van der Waals surface area contributed by atoms with Crippen LogP contribution in [0.15, 0.2) is 36.5 Å². The van der Waals surface area contributed by atoms with Gasteiger partial charge in [-0.3, -0.25) is 0 Å². The third-order valence-electron chi connectivity index (χ3n) is 4.43. The number of nitrogens with one attached hydrogen (secondary N) is 1. The molecule has 5 heteroatoms. The van der Waals surface area contributed by atoms with E-state index in [1.807, 2.05) is 24.0 Å². The highest BCUT2D eigenvalue weighted by Crippen LogP contribution is 2.31. The topological polar surface area (TPSA) is 37.3 Å². The number of benzene rings is 1. The van der Waals surface area contributed by atoms with Crippen LogP contribution >= 0.6 is 11.6 Å². The predicted octanol–water partition coefficient (Wildman–Crippen LogP) is 4.84. The lowest BCUT2D eigenvalue weighted by atomic mass is 10.0. The molecule has 0 aliphatic carbocycles. The van der Waals surface area contributed by atoms with E-state index in [1.165, 1.54) is 5.69 Å². The summed E-state index contributed by atoms with van der Waals surface area (Å²) in [4.78, 5) is 14.8. The molecule has 0 radical (unpaired) electrons. The van der Waals surface area contributed by atoms with E-state index in [9.17, 15) is 4.79 Å². The van der Waals surface area contributed by atoms with Gasteiger partial charge in [-0.15, -0.1) is 0 Å². The Hall–Kier alpha value is -1.94. The summed E-state index contributed by atoms with van der Waals surface area (Å²) in [5.41, 5.74) is 3.00. The molecule has 0 bridgehead atoms. The van der Waals surface area contributed by atoms with Crippen molar-refractivity contribution in [3.8, 4) is 0 Å². The van der Waals surface area contributed by atoms with Crippen LogP contribution in [0.1, 0.15) is 37.1 Å². The summed E-state index contributed by atoms with van der Waals surface area (Å²) >= 11 is 6.05. The zero-order chi connectivity index (χ0) is 16.4. The highest BCUT2D eigenvalue weighted by atomic mass is 35.5. The van der Waals surface area contributed by atoms with Gasteiger partial charge in [0.05, 0.1) is 6.04 Å².